The number of amides is 3. The van der Waals surface area contributed by atoms with Crippen molar-refractivity contribution in [3.63, 3.8) is 0 Å². The number of carbonyl (C=O) groups excluding carboxylic acids is 3. The first-order valence-electron chi connectivity index (χ1n) is 9.87. The summed E-state index contributed by atoms with van der Waals surface area (Å²) in [5, 5.41) is 8.29. The molecule has 0 saturated carbocycles. The monoisotopic (exact) mass is 419 g/mol. The topological polar surface area (TPSA) is 110 Å². The van der Waals surface area contributed by atoms with E-state index in [0.717, 1.165) is 6.42 Å². The van der Waals surface area contributed by atoms with Gasteiger partial charge in [0.2, 0.25) is 0 Å². The molecule has 1 saturated heterocycles. The zero-order valence-electron chi connectivity index (χ0n) is 16.6. The maximum Gasteiger partial charge on any atom is 0.291 e. The summed E-state index contributed by atoms with van der Waals surface area (Å²) < 4.78 is 10.4. The van der Waals surface area contributed by atoms with Crippen LogP contribution >= 0.6 is 0 Å². The van der Waals surface area contributed by atoms with Crippen LogP contribution in [0.3, 0.4) is 0 Å². The largest absolute Gasteiger partial charge is 0.459 e. The number of anilines is 3. The number of hydrogen-bond donors (Lipinski definition) is 3. The molecule has 1 unspecified atom stereocenters. The van der Waals surface area contributed by atoms with Gasteiger partial charge in [-0.25, -0.2) is 0 Å². The van der Waals surface area contributed by atoms with Crippen molar-refractivity contribution < 1.29 is 23.5 Å². The Morgan fingerprint density at radius 1 is 0.806 bits per heavy atom. The van der Waals surface area contributed by atoms with Crippen molar-refractivity contribution in [1.29, 1.82) is 0 Å². The Hall–Kier alpha value is -3.91. The molecule has 3 amide bonds. The highest BCUT2D eigenvalue weighted by molar-refractivity contribution is 6.06. The Kier molecular flexibility index (Phi) is 6.09. The van der Waals surface area contributed by atoms with E-state index in [1.807, 2.05) is 0 Å². The number of rotatable bonds is 6. The van der Waals surface area contributed by atoms with Crippen molar-refractivity contribution in [1.82, 2.24) is 0 Å². The molecular weight excluding hydrogens is 398 g/mol. The van der Waals surface area contributed by atoms with Gasteiger partial charge in [0.25, 0.3) is 17.7 Å². The van der Waals surface area contributed by atoms with Gasteiger partial charge in [-0.15, -0.1) is 0 Å². The number of ether oxygens (including phenoxy) is 1. The van der Waals surface area contributed by atoms with Crippen molar-refractivity contribution in [2.75, 3.05) is 22.6 Å². The number of carbonyl (C=O) groups is 3. The number of benzene rings is 2. The summed E-state index contributed by atoms with van der Waals surface area (Å²) in [7, 11) is 0. The SMILES string of the molecule is O=C(Nc1ccc(NC(=O)c2ccco2)cc1)c1cccc(NC(=O)C2CCCO2)c1. The lowest BCUT2D eigenvalue weighted by Gasteiger charge is -2.12. The van der Waals surface area contributed by atoms with E-state index in [2.05, 4.69) is 16.0 Å². The van der Waals surface area contributed by atoms with E-state index in [-0.39, 0.29) is 23.5 Å². The standard InChI is InChI=1S/C23H21N3O5/c27-21(15-4-1-5-18(14-15)26-23(29)20-7-3-13-31-20)24-16-8-10-17(11-9-16)25-22(28)19-6-2-12-30-19/h1-2,4-6,8-12,14,20H,3,7,13H2,(H,24,27)(H,25,28)(H,26,29). The summed E-state index contributed by atoms with van der Waals surface area (Å²) in [4.78, 5) is 36.8. The molecule has 0 radical (unpaired) electrons. The Morgan fingerprint density at radius 3 is 2.19 bits per heavy atom. The van der Waals surface area contributed by atoms with Gasteiger partial charge in [0, 0.05) is 29.2 Å². The molecule has 0 aliphatic carbocycles. The Morgan fingerprint density at radius 2 is 1.55 bits per heavy atom. The van der Waals surface area contributed by atoms with Gasteiger partial charge < -0.3 is 25.1 Å². The number of furan rings is 1. The van der Waals surface area contributed by atoms with Crippen LogP contribution in [0.4, 0.5) is 17.1 Å². The van der Waals surface area contributed by atoms with Crippen LogP contribution in [0.5, 0.6) is 0 Å². The zero-order chi connectivity index (χ0) is 21.6. The normalized spacial score (nSPS) is 15.3. The first-order valence-corrected chi connectivity index (χ1v) is 9.87. The molecule has 3 N–H and O–H groups in total. The molecule has 3 aromatic rings. The van der Waals surface area contributed by atoms with Gasteiger partial charge in [-0.3, -0.25) is 14.4 Å². The minimum absolute atomic E-state index is 0.206. The van der Waals surface area contributed by atoms with Gasteiger partial charge in [0.1, 0.15) is 6.10 Å². The second-order valence-electron chi connectivity index (χ2n) is 7.03. The maximum absolute atomic E-state index is 12.6. The second-order valence-corrected chi connectivity index (χ2v) is 7.03. The highest BCUT2D eigenvalue weighted by Gasteiger charge is 2.23. The van der Waals surface area contributed by atoms with Crippen molar-refractivity contribution >= 4 is 34.8 Å². The molecule has 4 rings (SSSR count). The number of nitrogens with one attached hydrogen (secondary N) is 3. The molecule has 0 spiro atoms. The average molecular weight is 419 g/mol. The molecule has 1 aliphatic heterocycles. The fourth-order valence-corrected chi connectivity index (χ4v) is 3.19. The Bertz CT molecular complexity index is 1070. The van der Waals surface area contributed by atoms with E-state index in [9.17, 15) is 14.4 Å². The molecule has 158 valence electrons. The highest BCUT2D eigenvalue weighted by Crippen LogP contribution is 2.19. The van der Waals surface area contributed by atoms with E-state index < -0.39 is 6.10 Å². The van der Waals surface area contributed by atoms with Crippen LogP contribution in [0.25, 0.3) is 0 Å². The average Bonchev–Trinajstić information content (AvgIpc) is 3.50. The summed E-state index contributed by atoms with van der Waals surface area (Å²) in [6, 6.07) is 16.6. The fraction of sp³-hybridized carbons (Fsp3) is 0.174. The highest BCUT2D eigenvalue weighted by atomic mass is 16.5. The quantitative estimate of drug-likeness (QED) is 0.561. The molecule has 8 nitrogen and oxygen atoms in total. The summed E-state index contributed by atoms with van der Waals surface area (Å²) in [5.74, 6) is -0.671. The van der Waals surface area contributed by atoms with Crippen LogP contribution in [0.2, 0.25) is 0 Å². The van der Waals surface area contributed by atoms with Gasteiger partial charge in [-0.2, -0.15) is 0 Å². The van der Waals surface area contributed by atoms with Crippen molar-refractivity contribution in [2.45, 2.75) is 18.9 Å². The van der Waals surface area contributed by atoms with Crippen molar-refractivity contribution in [3.8, 4) is 0 Å². The molecular formula is C23H21N3O5. The molecule has 1 aliphatic rings. The Labute approximate surface area is 178 Å². The van der Waals surface area contributed by atoms with Crippen LogP contribution in [0.1, 0.15) is 33.8 Å². The first-order chi connectivity index (χ1) is 15.1. The van der Waals surface area contributed by atoms with Gasteiger partial charge in [-0.1, -0.05) is 6.07 Å². The van der Waals surface area contributed by atoms with Crippen molar-refractivity contribution in [3.05, 3.63) is 78.3 Å². The van der Waals surface area contributed by atoms with Crippen LogP contribution in [0.15, 0.2) is 71.3 Å². The third-order valence-electron chi connectivity index (χ3n) is 4.76. The molecule has 1 aromatic heterocycles. The maximum atomic E-state index is 12.6. The number of hydrogen-bond acceptors (Lipinski definition) is 5. The van der Waals surface area contributed by atoms with E-state index >= 15 is 0 Å². The predicted octanol–water partition coefficient (Wildman–Crippen LogP) is 3.90. The zero-order valence-corrected chi connectivity index (χ0v) is 16.6. The smallest absolute Gasteiger partial charge is 0.291 e. The van der Waals surface area contributed by atoms with Crippen LogP contribution in [-0.4, -0.2) is 30.4 Å². The van der Waals surface area contributed by atoms with Gasteiger partial charge in [0.05, 0.1) is 6.26 Å². The summed E-state index contributed by atoms with van der Waals surface area (Å²) in [6.45, 7) is 0.589. The molecule has 8 heteroatoms. The van der Waals surface area contributed by atoms with E-state index in [1.165, 1.54) is 6.26 Å². The van der Waals surface area contributed by atoms with Crippen LogP contribution in [0, 0.1) is 0 Å². The molecule has 0 bridgehead atoms. The summed E-state index contributed by atoms with van der Waals surface area (Å²) in [6.07, 6.45) is 2.55. The molecule has 1 atom stereocenters. The van der Waals surface area contributed by atoms with E-state index in [1.54, 1.807) is 60.7 Å². The summed E-state index contributed by atoms with van der Waals surface area (Å²) >= 11 is 0. The third kappa shape index (κ3) is 5.18. The van der Waals surface area contributed by atoms with Crippen LogP contribution in [-0.2, 0) is 9.53 Å². The minimum atomic E-state index is -0.440. The first kappa shape index (κ1) is 20.4. The lowest BCUT2D eigenvalue weighted by molar-refractivity contribution is -0.124. The molecule has 31 heavy (non-hydrogen) atoms. The minimum Gasteiger partial charge on any atom is -0.459 e. The van der Waals surface area contributed by atoms with Crippen LogP contribution < -0.4 is 16.0 Å². The molecule has 2 heterocycles. The molecule has 1 fully saturated rings. The lowest BCUT2D eigenvalue weighted by atomic mass is 10.1. The van der Waals surface area contributed by atoms with Gasteiger partial charge in [0.15, 0.2) is 5.76 Å². The summed E-state index contributed by atoms with van der Waals surface area (Å²) in [5.41, 5.74) is 2.07. The second kappa shape index (κ2) is 9.27. The predicted molar refractivity (Wildman–Crippen MR) is 115 cm³/mol. The lowest BCUT2D eigenvalue weighted by Crippen LogP contribution is -2.27. The third-order valence-corrected chi connectivity index (χ3v) is 4.76. The van der Waals surface area contributed by atoms with E-state index in [4.69, 9.17) is 9.15 Å². The van der Waals surface area contributed by atoms with E-state index in [0.29, 0.717) is 35.7 Å². The van der Waals surface area contributed by atoms with Crippen molar-refractivity contribution in [2.24, 2.45) is 0 Å². The van der Waals surface area contributed by atoms with Gasteiger partial charge in [-0.05, 0) is 67.4 Å². The Balaban J connectivity index is 1.35. The molecule has 2 aromatic carbocycles. The fourth-order valence-electron chi connectivity index (χ4n) is 3.19. The van der Waals surface area contributed by atoms with Gasteiger partial charge >= 0.3 is 0 Å².